The zero-order chi connectivity index (χ0) is 12.3. The van der Waals surface area contributed by atoms with Gasteiger partial charge in [0.25, 0.3) is 0 Å². The molecule has 98 valence electrons. The predicted molar refractivity (Wildman–Crippen MR) is 70.5 cm³/mol. The number of hydrogen-bond donors (Lipinski definition) is 1. The second-order valence-electron chi connectivity index (χ2n) is 6.32. The summed E-state index contributed by atoms with van der Waals surface area (Å²) in [7, 11) is 0. The van der Waals surface area contributed by atoms with Gasteiger partial charge in [0.05, 0.1) is 5.41 Å². The second kappa shape index (κ2) is 5.41. The molecule has 17 heavy (non-hydrogen) atoms. The maximum Gasteiger partial charge on any atom is 0.223 e. The van der Waals surface area contributed by atoms with Crippen LogP contribution in [0.5, 0.6) is 0 Å². The summed E-state index contributed by atoms with van der Waals surface area (Å²) in [6.07, 6.45) is 12.7. The highest BCUT2D eigenvalue weighted by Gasteiger charge is 2.46. The van der Waals surface area contributed by atoms with Crippen molar-refractivity contribution in [3.05, 3.63) is 0 Å². The first-order valence-electron chi connectivity index (χ1n) is 7.45. The monoisotopic (exact) mass is 237 g/mol. The van der Waals surface area contributed by atoms with Gasteiger partial charge >= 0.3 is 0 Å². The fourth-order valence-electron chi connectivity index (χ4n) is 4.14. The van der Waals surface area contributed by atoms with Gasteiger partial charge < -0.3 is 5.73 Å². The first kappa shape index (κ1) is 12.9. The lowest BCUT2D eigenvalue weighted by Crippen LogP contribution is -2.47. The number of nitrogens with two attached hydrogens (primary N) is 1. The maximum atomic E-state index is 12.0. The number of primary amides is 1. The van der Waals surface area contributed by atoms with Gasteiger partial charge in [-0.1, -0.05) is 45.4 Å². The predicted octanol–water partition coefficient (Wildman–Crippen LogP) is 3.64. The van der Waals surface area contributed by atoms with Crippen molar-refractivity contribution in [3.63, 3.8) is 0 Å². The Morgan fingerprint density at radius 3 is 1.53 bits per heavy atom. The number of carbonyl (C=O) groups is 1. The Morgan fingerprint density at radius 2 is 1.24 bits per heavy atom. The van der Waals surface area contributed by atoms with Crippen LogP contribution in [-0.2, 0) is 4.79 Å². The van der Waals surface area contributed by atoms with E-state index in [1.165, 1.54) is 64.2 Å². The first-order valence-corrected chi connectivity index (χ1v) is 7.45. The van der Waals surface area contributed by atoms with Crippen molar-refractivity contribution in [2.75, 3.05) is 0 Å². The smallest absolute Gasteiger partial charge is 0.223 e. The quantitative estimate of drug-likeness (QED) is 0.800. The maximum absolute atomic E-state index is 12.0. The molecule has 0 saturated heterocycles. The van der Waals surface area contributed by atoms with Crippen molar-refractivity contribution < 1.29 is 4.79 Å². The van der Waals surface area contributed by atoms with E-state index in [4.69, 9.17) is 5.73 Å². The summed E-state index contributed by atoms with van der Waals surface area (Å²) in [5, 5.41) is 0. The summed E-state index contributed by atoms with van der Waals surface area (Å²) >= 11 is 0. The molecule has 1 amide bonds. The van der Waals surface area contributed by atoms with Crippen LogP contribution < -0.4 is 5.73 Å². The first-order chi connectivity index (χ1) is 8.15. The normalized spacial score (nSPS) is 24.8. The number of amides is 1. The molecule has 0 spiro atoms. The van der Waals surface area contributed by atoms with Crippen LogP contribution in [0.2, 0.25) is 0 Å². The van der Waals surface area contributed by atoms with Crippen LogP contribution in [0.3, 0.4) is 0 Å². The fraction of sp³-hybridized carbons (Fsp3) is 0.933. The highest BCUT2D eigenvalue weighted by molar-refractivity contribution is 5.81. The Labute approximate surface area is 105 Å². The lowest BCUT2D eigenvalue weighted by Gasteiger charge is -2.44. The molecule has 2 rings (SSSR count). The van der Waals surface area contributed by atoms with Gasteiger partial charge in [0, 0.05) is 0 Å². The molecule has 0 aliphatic heterocycles. The number of carbonyl (C=O) groups excluding carboxylic acids is 1. The Bertz CT molecular complexity index is 244. The molecule has 2 aliphatic rings. The Morgan fingerprint density at radius 1 is 0.882 bits per heavy atom. The van der Waals surface area contributed by atoms with Crippen LogP contribution in [0.1, 0.15) is 71.1 Å². The molecule has 0 atom stereocenters. The van der Waals surface area contributed by atoms with Crippen molar-refractivity contribution in [2.24, 2.45) is 23.0 Å². The van der Waals surface area contributed by atoms with E-state index >= 15 is 0 Å². The zero-order valence-corrected chi connectivity index (χ0v) is 11.2. The molecule has 2 N–H and O–H groups in total. The fourth-order valence-corrected chi connectivity index (χ4v) is 4.14. The molecule has 2 aliphatic carbocycles. The molecule has 0 aromatic carbocycles. The highest BCUT2D eigenvalue weighted by atomic mass is 16.1. The van der Waals surface area contributed by atoms with Crippen LogP contribution in [0, 0.1) is 17.3 Å². The van der Waals surface area contributed by atoms with E-state index in [2.05, 4.69) is 6.92 Å². The van der Waals surface area contributed by atoms with E-state index in [0.29, 0.717) is 11.8 Å². The van der Waals surface area contributed by atoms with E-state index in [1.54, 1.807) is 0 Å². The van der Waals surface area contributed by atoms with Crippen LogP contribution in [0.15, 0.2) is 0 Å². The summed E-state index contributed by atoms with van der Waals surface area (Å²) in [5.41, 5.74) is 5.57. The van der Waals surface area contributed by atoms with Gasteiger partial charge in [-0.3, -0.25) is 4.79 Å². The molecule has 0 radical (unpaired) electrons. The summed E-state index contributed by atoms with van der Waals surface area (Å²) in [5.74, 6) is 1.07. The minimum atomic E-state index is -0.221. The Hall–Kier alpha value is -0.530. The lowest BCUT2D eigenvalue weighted by molar-refractivity contribution is -0.136. The van der Waals surface area contributed by atoms with Crippen molar-refractivity contribution in [1.82, 2.24) is 0 Å². The zero-order valence-electron chi connectivity index (χ0n) is 11.2. The van der Waals surface area contributed by atoms with Gasteiger partial charge in [0.2, 0.25) is 5.91 Å². The topological polar surface area (TPSA) is 43.1 Å². The van der Waals surface area contributed by atoms with Gasteiger partial charge in [-0.2, -0.15) is 0 Å². The standard InChI is InChI=1S/C15H27NO/c1-15(14(16)17,12-8-4-2-5-9-12)13-10-6-3-7-11-13/h12-13H,2-11H2,1H3,(H2,16,17). The van der Waals surface area contributed by atoms with E-state index in [-0.39, 0.29) is 11.3 Å². The van der Waals surface area contributed by atoms with Crippen LogP contribution in [0.25, 0.3) is 0 Å². The molecule has 0 bridgehead atoms. The van der Waals surface area contributed by atoms with Crippen molar-refractivity contribution in [1.29, 1.82) is 0 Å². The third-order valence-corrected chi connectivity index (χ3v) is 5.44. The average Bonchev–Trinajstić information content (AvgIpc) is 2.39. The van der Waals surface area contributed by atoms with Crippen molar-refractivity contribution in [3.8, 4) is 0 Å². The molecule has 0 aromatic rings. The molecule has 0 heterocycles. The average molecular weight is 237 g/mol. The van der Waals surface area contributed by atoms with Gasteiger partial charge in [0.15, 0.2) is 0 Å². The minimum Gasteiger partial charge on any atom is -0.369 e. The Kier molecular flexibility index (Phi) is 4.11. The Balaban J connectivity index is 2.14. The third kappa shape index (κ3) is 2.51. The van der Waals surface area contributed by atoms with Crippen LogP contribution in [0.4, 0.5) is 0 Å². The number of rotatable bonds is 3. The summed E-state index contributed by atoms with van der Waals surface area (Å²) in [4.78, 5) is 12.0. The molecule has 2 fully saturated rings. The van der Waals surface area contributed by atoms with E-state index in [0.717, 1.165) is 0 Å². The van der Waals surface area contributed by atoms with Gasteiger partial charge in [0.1, 0.15) is 0 Å². The molecule has 2 nitrogen and oxygen atoms in total. The molecule has 2 heteroatoms. The molecule has 0 unspecified atom stereocenters. The largest absolute Gasteiger partial charge is 0.369 e. The highest BCUT2D eigenvalue weighted by Crippen LogP contribution is 2.48. The van der Waals surface area contributed by atoms with Crippen LogP contribution >= 0.6 is 0 Å². The molecular weight excluding hydrogens is 210 g/mol. The summed E-state index contributed by atoms with van der Waals surface area (Å²) < 4.78 is 0. The summed E-state index contributed by atoms with van der Waals surface area (Å²) in [6.45, 7) is 2.17. The van der Waals surface area contributed by atoms with E-state index in [1.807, 2.05) is 0 Å². The minimum absolute atomic E-state index is 0.0312. The molecule has 0 aromatic heterocycles. The SMILES string of the molecule is CC(C(N)=O)(C1CCCCC1)C1CCCCC1. The lowest BCUT2D eigenvalue weighted by atomic mass is 9.59. The van der Waals surface area contributed by atoms with Crippen molar-refractivity contribution >= 4 is 5.91 Å². The van der Waals surface area contributed by atoms with Crippen molar-refractivity contribution in [2.45, 2.75) is 71.1 Å². The van der Waals surface area contributed by atoms with Gasteiger partial charge in [-0.05, 0) is 37.5 Å². The van der Waals surface area contributed by atoms with Crippen LogP contribution in [-0.4, -0.2) is 5.91 Å². The number of hydrogen-bond acceptors (Lipinski definition) is 1. The van der Waals surface area contributed by atoms with Gasteiger partial charge in [-0.15, -0.1) is 0 Å². The molecular formula is C15H27NO. The van der Waals surface area contributed by atoms with E-state index in [9.17, 15) is 4.79 Å². The summed E-state index contributed by atoms with van der Waals surface area (Å²) in [6, 6.07) is 0. The van der Waals surface area contributed by atoms with E-state index < -0.39 is 0 Å². The second-order valence-corrected chi connectivity index (χ2v) is 6.32. The molecule has 2 saturated carbocycles. The third-order valence-electron chi connectivity index (χ3n) is 5.44. The van der Waals surface area contributed by atoms with Gasteiger partial charge in [-0.25, -0.2) is 0 Å².